The molecule has 1 atom stereocenters. The summed E-state index contributed by atoms with van der Waals surface area (Å²) in [5, 5.41) is 0. The third kappa shape index (κ3) is 1.11. The topological polar surface area (TPSA) is 15.6 Å². The smallest absolute Gasteiger partial charge is 0.0536 e. The largest absolute Gasteiger partial charge is 0.298 e. The first-order valence-electron chi connectivity index (χ1n) is 4.21. The van der Waals surface area contributed by atoms with Crippen LogP contribution >= 0.6 is 0 Å². The average Bonchev–Trinajstić information content (AvgIpc) is 2.36. The Morgan fingerprint density at radius 1 is 1.64 bits per heavy atom. The Morgan fingerprint density at radius 2 is 2.45 bits per heavy atom. The fourth-order valence-electron chi connectivity index (χ4n) is 1.73. The molecule has 0 spiro atoms. The summed E-state index contributed by atoms with van der Waals surface area (Å²) in [5.41, 5.74) is 2.89. The Morgan fingerprint density at radius 3 is 3.27 bits per heavy atom. The summed E-state index contributed by atoms with van der Waals surface area (Å²) in [7, 11) is 2.17. The van der Waals surface area contributed by atoms with Crippen molar-refractivity contribution in [3.63, 3.8) is 0 Å². The van der Waals surface area contributed by atoms with Crippen LogP contribution in [-0.4, -0.2) is 30.7 Å². The molecule has 1 unspecified atom stereocenters. The molecule has 0 radical (unpaired) electrons. The van der Waals surface area contributed by atoms with Gasteiger partial charge in [-0.15, -0.1) is 0 Å². The Kier molecular flexibility index (Phi) is 1.57. The molecule has 11 heavy (non-hydrogen) atoms. The van der Waals surface area contributed by atoms with Crippen LogP contribution in [0.5, 0.6) is 0 Å². The molecule has 2 aliphatic rings. The highest BCUT2D eigenvalue weighted by Gasteiger charge is 2.23. The number of hydrogen-bond acceptors (Lipinski definition) is 2. The van der Waals surface area contributed by atoms with Crippen LogP contribution < -0.4 is 0 Å². The Balaban J connectivity index is 2.20. The maximum atomic E-state index is 4.36. The van der Waals surface area contributed by atoms with Crippen molar-refractivity contribution < 1.29 is 0 Å². The van der Waals surface area contributed by atoms with Gasteiger partial charge >= 0.3 is 0 Å². The van der Waals surface area contributed by atoms with Crippen LogP contribution in [-0.2, 0) is 0 Å². The molecule has 0 bridgehead atoms. The SMILES string of the molecule is CC1CC2=C(CN1C)N=CC2. The van der Waals surface area contributed by atoms with Crippen LogP contribution in [0.1, 0.15) is 19.8 Å². The van der Waals surface area contributed by atoms with Gasteiger partial charge in [-0.3, -0.25) is 9.89 Å². The van der Waals surface area contributed by atoms with Crippen molar-refractivity contribution in [1.82, 2.24) is 4.90 Å². The van der Waals surface area contributed by atoms with E-state index in [9.17, 15) is 0 Å². The minimum Gasteiger partial charge on any atom is -0.298 e. The van der Waals surface area contributed by atoms with E-state index in [1.807, 2.05) is 6.21 Å². The van der Waals surface area contributed by atoms with E-state index in [2.05, 4.69) is 23.9 Å². The average molecular weight is 150 g/mol. The van der Waals surface area contributed by atoms with Crippen molar-refractivity contribution >= 4 is 6.21 Å². The van der Waals surface area contributed by atoms with Crippen molar-refractivity contribution in [2.45, 2.75) is 25.8 Å². The van der Waals surface area contributed by atoms with Crippen molar-refractivity contribution in [2.24, 2.45) is 4.99 Å². The number of likely N-dealkylation sites (N-methyl/N-ethyl adjacent to an activating group) is 1. The van der Waals surface area contributed by atoms with Crippen LogP contribution in [0, 0.1) is 0 Å². The van der Waals surface area contributed by atoms with Gasteiger partial charge in [0, 0.05) is 25.2 Å². The summed E-state index contributed by atoms with van der Waals surface area (Å²) in [5.74, 6) is 0. The van der Waals surface area contributed by atoms with Gasteiger partial charge in [0.2, 0.25) is 0 Å². The number of nitrogens with zero attached hydrogens (tertiary/aromatic N) is 2. The first-order valence-corrected chi connectivity index (χ1v) is 4.21. The molecule has 0 N–H and O–H groups in total. The summed E-state index contributed by atoms with van der Waals surface area (Å²) in [6, 6.07) is 0.704. The molecule has 2 rings (SSSR count). The number of aliphatic imine (C=N–C) groups is 1. The van der Waals surface area contributed by atoms with E-state index in [0.717, 1.165) is 13.0 Å². The lowest BCUT2D eigenvalue weighted by atomic mass is 9.99. The Hall–Kier alpha value is -0.630. The minimum atomic E-state index is 0.704. The predicted octanol–water partition coefficient (Wildman–Crippen LogP) is 1.44. The van der Waals surface area contributed by atoms with E-state index in [-0.39, 0.29) is 0 Å². The van der Waals surface area contributed by atoms with Crippen molar-refractivity contribution in [2.75, 3.05) is 13.6 Å². The highest BCUT2D eigenvalue weighted by Crippen LogP contribution is 2.27. The normalized spacial score (nSPS) is 31.3. The molecule has 2 nitrogen and oxygen atoms in total. The van der Waals surface area contributed by atoms with Crippen LogP contribution in [0.15, 0.2) is 16.3 Å². The standard InChI is InChI=1S/C9H14N2/c1-7-5-8-3-4-10-9(8)6-11(7)2/h4,7H,3,5-6H2,1-2H3. The van der Waals surface area contributed by atoms with E-state index < -0.39 is 0 Å². The molecule has 0 aromatic carbocycles. The lowest BCUT2D eigenvalue weighted by molar-refractivity contribution is 0.260. The summed E-state index contributed by atoms with van der Waals surface area (Å²) in [6.45, 7) is 3.33. The zero-order valence-corrected chi connectivity index (χ0v) is 7.17. The van der Waals surface area contributed by atoms with Crippen LogP contribution in [0.4, 0.5) is 0 Å². The second-order valence-corrected chi connectivity index (χ2v) is 3.53. The molecular formula is C9H14N2. The molecule has 0 aromatic heterocycles. The van der Waals surface area contributed by atoms with E-state index in [4.69, 9.17) is 0 Å². The van der Waals surface area contributed by atoms with Crippen LogP contribution in [0.25, 0.3) is 0 Å². The number of rotatable bonds is 0. The van der Waals surface area contributed by atoms with E-state index in [1.165, 1.54) is 12.1 Å². The first-order chi connectivity index (χ1) is 5.27. The van der Waals surface area contributed by atoms with Gasteiger partial charge in [-0.1, -0.05) is 0 Å². The van der Waals surface area contributed by atoms with E-state index in [1.54, 1.807) is 5.57 Å². The molecule has 0 saturated carbocycles. The maximum absolute atomic E-state index is 4.36. The van der Waals surface area contributed by atoms with E-state index >= 15 is 0 Å². The molecular weight excluding hydrogens is 136 g/mol. The highest BCUT2D eigenvalue weighted by molar-refractivity contribution is 5.67. The highest BCUT2D eigenvalue weighted by atomic mass is 15.1. The first kappa shape index (κ1) is 7.04. The van der Waals surface area contributed by atoms with Gasteiger partial charge < -0.3 is 0 Å². The second-order valence-electron chi connectivity index (χ2n) is 3.53. The van der Waals surface area contributed by atoms with Gasteiger partial charge in [0.1, 0.15) is 0 Å². The molecule has 0 fully saturated rings. The van der Waals surface area contributed by atoms with Gasteiger partial charge in [-0.05, 0) is 26.0 Å². The van der Waals surface area contributed by atoms with Crippen molar-refractivity contribution in [3.05, 3.63) is 11.3 Å². The summed E-state index contributed by atoms with van der Waals surface area (Å²) >= 11 is 0. The second kappa shape index (κ2) is 2.45. The van der Waals surface area contributed by atoms with Gasteiger partial charge in [-0.2, -0.15) is 0 Å². The molecule has 60 valence electrons. The van der Waals surface area contributed by atoms with E-state index in [0.29, 0.717) is 6.04 Å². The van der Waals surface area contributed by atoms with Gasteiger partial charge in [0.25, 0.3) is 0 Å². The monoisotopic (exact) mass is 150 g/mol. The van der Waals surface area contributed by atoms with Gasteiger partial charge in [0.15, 0.2) is 0 Å². The molecule has 2 aliphatic heterocycles. The zero-order valence-electron chi connectivity index (χ0n) is 7.17. The van der Waals surface area contributed by atoms with Gasteiger partial charge in [0.05, 0.1) is 5.70 Å². The van der Waals surface area contributed by atoms with Crippen molar-refractivity contribution in [3.8, 4) is 0 Å². The maximum Gasteiger partial charge on any atom is 0.0536 e. The minimum absolute atomic E-state index is 0.704. The Bertz CT molecular complexity index is 228. The fourth-order valence-corrected chi connectivity index (χ4v) is 1.73. The zero-order chi connectivity index (χ0) is 7.84. The quantitative estimate of drug-likeness (QED) is 0.510. The third-order valence-corrected chi connectivity index (χ3v) is 2.69. The summed E-state index contributed by atoms with van der Waals surface area (Å²) in [6.07, 6.45) is 4.36. The molecule has 0 saturated heterocycles. The molecule has 0 aliphatic carbocycles. The molecule has 2 heteroatoms. The summed E-state index contributed by atoms with van der Waals surface area (Å²) in [4.78, 5) is 6.72. The Labute approximate surface area is 67.6 Å². The lowest BCUT2D eigenvalue weighted by Gasteiger charge is -2.29. The molecule has 2 heterocycles. The third-order valence-electron chi connectivity index (χ3n) is 2.69. The lowest BCUT2D eigenvalue weighted by Crippen LogP contribution is -2.34. The molecule has 0 amide bonds. The fraction of sp³-hybridized carbons (Fsp3) is 0.667. The van der Waals surface area contributed by atoms with Crippen molar-refractivity contribution in [1.29, 1.82) is 0 Å². The molecule has 0 aromatic rings. The predicted molar refractivity (Wildman–Crippen MR) is 46.8 cm³/mol. The van der Waals surface area contributed by atoms with Crippen LogP contribution in [0.3, 0.4) is 0 Å². The number of hydrogen-bond donors (Lipinski definition) is 0. The van der Waals surface area contributed by atoms with Gasteiger partial charge in [-0.25, -0.2) is 0 Å². The summed E-state index contributed by atoms with van der Waals surface area (Å²) < 4.78 is 0. The van der Waals surface area contributed by atoms with Crippen LogP contribution in [0.2, 0.25) is 0 Å².